The van der Waals surface area contributed by atoms with Crippen molar-refractivity contribution in [1.82, 2.24) is 18.3 Å². The van der Waals surface area contributed by atoms with E-state index in [0.717, 1.165) is 48.6 Å². The zero-order chi connectivity index (χ0) is 28.7. The number of nitrogens with zero attached hydrogens (tertiary/aromatic N) is 4. The van der Waals surface area contributed by atoms with Crippen LogP contribution in [0.25, 0.3) is 0 Å². The highest BCUT2D eigenvalue weighted by atomic mass is 32.1. The molecule has 8 nitrogen and oxygen atoms in total. The molecule has 0 bridgehead atoms. The van der Waals surface area contributed by atoms with Crippen molar-refractivity contribution < 1.29 is 15.3 Å². The van der Waals surface area contributed by atoms with Gasteiger partial charge in [-0.15, -0.1) is 12.6 Å². The molecule has 0 radical (unpaired) electrons. The largest absolute Gasteiger partial charge is 0.493 e. The van der Waals surface area contributed by atoms with E-state index in [-0.39, 0.29) is 22.4 Å². The molecule has 2 rings (SSSR count). The van der Waals surface area contributed by atoms with E-state index >= 15 is 0 Å². The molecule has 0 saturated heterocycles. The Labute approximate surface area is 238 Å². The average molecular weight is 571 g/mol. The zero-order valence-corrected chi connectivity index (χ0v) is 25.9. The third-order valence-corrected chi connectivity index (χ3v) is 8.71. The molecule has 2 unspecified atom stereocenters. The number of thiol groups is 1. The molecule has 0 amide bonds. The fourth-order valence-corrected chi connectivity index (χ4v) is 5.55. The first-order chi connectivity index (χ1) is 17.7. The maximum atomic E-state index is 12.3. The van der Waals surface area contributed by atoms with E-state index < -0.39 is 12.2 Å². The first-order valence-electron chi connectivity index (χ1n) is 14.0. The van der Waals surface area contributed by atoms with Crippen molar-refractivity contribution in [2.24, 2.45) is 10.8 Å². The minimum atomic E-state index is -0.465. The van der Waals surface area contributed by atoms with Crippen molar-refractivity contribution in [2.75, 3.05) is 0 Å². The maximum absolute atomic E-state index is 12.3. The van der Waals surface area contributed by atoms with E-state index in [0.29, 0.717) is 38.8 Å². The van der Waals surface area contributed by atoms with Crippen LogP contribution < -0.4 is 5.69 Å². The van der Waals surface area contributed by atoms with Gasteiger partial charge < -0.3 is 24.5 Å². The van der Waals surface area contributed by atoms with E-state index in [1.165, 1.54) is 15.3 Å². The summed E-state index contributed by atoms with van der Waals surface area (Å²) >= 11 is 10.1. The highest BCUT2D eigenvalue weighted by molar-refractivity contribution is 7.80. The SMILES string of the molecule is CCn1cc(O)n(CCC(C)(C)CCC(O)CCC(O)CCC(C)(C)CCn2c(S)cn(CC)c2=S)c1=O. The minimum absolute atomic E-state index is 0.00390. The molecule has 0 spiro atoms. The first kappa shape index (κ1) is 32.7. The van der Waals surface area contributed by atoms with Gasteiger partial charge in [0.1, 0.15) is 0 Å². The number of aliphatic hydroxyl groups excluding tert-OH is 2. The Hall–Kier alpha value is -1.49. The van der Waals surface area contributed by atoms with Gasteiger partial charge in [-0.2, -0.15) is 0 Å². The lowest BCUT2D eigenvalue weighted by Crippen LogP contribution is -2.26. The average Bonchev–Trinajstić information content (AvgIpc) is 3.30. The summed E-state index contributed by atoms with van der Waals surface area (Å²) in [6, 6.07) is 0. The number of hydrogen-bond donors (Lipinski definition) is 4. The second-order valence-electron chi connectivity index (χ2n) is 12.2. The minimum Gasteiger partial charge on any atom is -0.493 e. The molecule has 2 aromatic rings. The van der Waals surface area contributed by atoms with E-state index in [1.54, 1.807) is 0 Å². The topological polar surface area (TPSA) is 97.5 Å². The van der Waals surface area contributed by atoms with Crippen LogP contribution in [0.5, 0.6) is 5.88 Å². The van der Waals surface area contributed by atoms with E-state index in [1.807, 2.05) is 17.7 Å². The Morgan fingerprint density at radius 2 is 1.29 bits per heavy atom. The van der Waals surface area contributed by atoms with E-state index in [9.17, 15) is 20.1 Å². The molecule has 38 heavy (non-hydrogen) atoms. The summed E-state index contributed by atoms with van der Waals surface area (Å²) in [5, 5.41) is 32.1. The van der Waals surface area contributed by atoms with Gasteiger partial charge in [-0.25, -0.2) is 4.79 Å². The molecular formula is C28H50N4O4S2. The first-order valence-corrected chi connectivity index (χ1v) is 14.9. The van der Waals surface area contributed by atoms with Gasteiger partial charge in [-0.1, -0.05) is 27.7 Å². The van der Waals surface area contributed by atoms with Crippen LogP contribution in [0, 0.1) is 15.6 Å². The molecule has 0 aliphatic carbocycles. The van der Waals surface area contributed by atoms with Gasteiger partial charge in [-0.3, -0.25) is 9.13 Å². The monoisotopic (exact) mass is 570 g/mol. The number of aryl methyl sites for hydroxylation is 2. The standard InChI is InChI=1S/C28H50N4O4S2/c1-7-29-19-23(35)31(25(29)36)17-15-27(3,4)13-11-21(33)9-10-22(34)12-14-28(5,6)16-18-32-24(37)20-30(8-2)26(32)38/h19-22,33-35,37H,7-18H2,1-6H3. The van der Waals surface area contributed by atoms with Crippen LogP contribution in [-0.2, 0) is 26.2 Å². The van der Waals surface area contributed by atoms with Crippen molar-refractivity contribution >= 4 is 24.8 Å². The molecule has 10 heteroatoms. The van der Waals surface area contributed by atoms with Crippen molar-refractivity contribution in [3.8, 4) is 5.88 Å². The number of aromatic hydroxyl groups is 1. The second kappa shape index (κ2) is 14.2. The van der Waals surface area contributed by atoms with Gasteiger partial charge in [0.15, 0.2) is 4.77 Å². The molecule has 218 valence electrons. The third-order valence-electron chi connectivity index (χ3n) is 7.90. The normalized spacial score (nSPS) is 14.2. The van der Waals surface area contributed by atoms with Crippen LogP contribution in [0.1, 0.15) is 92.9 Å². The van der Waals surface area contributed by atoms with Crippen LogP contribution in [0.2, 0.25) is 0 Å². The summed E-state index contributed by atoms with van der Waals surface area (Å²) < 4.78 is 7.80. The van der Waals surface area contributed by atoms with Gasteiger partial charge >= 0.3 is 5.69 Å². The van der Waals surface area contributed by atoms with Crippen LogP contribution in [0.4, 0.5) is 0 Å². The maximum Gasteiger partial charge on any atom is 0.331 e. The fraction of sp³-hybridized carbons (Fsp3) is 0.786. The van der Waals surface area contributed by atoms with E-state index in [2.05, 4.69) is 51.8 Å². The van der Waals surface area contributed by atoms with Crippen LogP contribution in [0.3, 0.4) is 0 Å². The summed E-state index contributed by atoms with van der Waals surface area (Å²) in [6.45, 7) is 15.2. The van der Waals surface area contributed by atoms with Gasteiger partial charge in [0.25, 0.3) is 0 Å². The molecule has 2 aromatic heterocycles. The lowest BCUT2D eigenvalue weighted by Gasteiger charge is -2.27. The Morgan fingerprint density at radius 1 is 0.816 bits per heavy atom. The molecule has 0 fully saturated rings. The quantitative estimate of drug-likeness (QED) is 0.146. The van der Waals surface area contributed by atoms with Gasteiger partial charge in [0.2, 0.25) is 5.88 Å². The smallest absolute Gasteiger partial charge is 0.331 e. The summed E-state index contributed by atoms with van der Waals surface area (Å²) in [4.78, 5) is 12.3. The predicted molar refractivity (Wildman–Crippen MR) is 159 cm³/mol. The summed E-state index contributed by atoms with van der Waals surface area (Å²) in [7, 11) is 0. The van der Waals surface area contributed by atoms with Gasteiger partial charge in [0, 0.05) is 32.4 Å². The lowest BCUT2D eigenvalue weighted by molar-refractivity contribution is 0.0857. The Bertz CT molecular complexity index is 1040. The fourth-order valence-electron chi connectivity index (χ4n) is 4.78. The Kier molecular flexibility index (Phi) is 12.3. The van der Waals surface area contributed by atoms with Crippen molar-refractivity contribution in [3.63, 3.8) is 0 Å². The Morgan fingerprint density at radius 3 is 1.71 bits per heavy atom. The predicted octanol–water partition coefficient (Wildman–Crippen LogP) is 5.61. The summed E-state index contributed by atoms with van der Waals surface area (Å²) in [5.41, 5.74) is -0.219. The molecule has 3 N–H and O–H groups in total. The highest BCUT2D eigenvalue weighted by Gasteiger charge is 2.23. The van der Waals surface area contributed by atoms with Gasteiger partial charge in [-0.05, 0) is 88.3 Å². The number of imidazole rings is 2. The summed E-state index contributed by atoms with van der Waals surface area (Å²) in [5.74, 6) is -0.00390. The molecule has 0 aliphatic heterocycles. The number of aliphatic hydroxyl groups is 2. The number of aromatic nitrogens is 4. The highest BCUT2D eigenvalue weighted by Crippen LogP contribution is 2.31. The molecule has 2 atom stereocenters. The van der Waals surface area contributed by atoms with Crippen molar-refractivity contribution in [2.45, 2.75) is 136 Å². The van der Waals surface area contributed by atoms with E-state index in [4.69, 9.17) is 12.2 Å². The van der Waals surface area contributed by atoms with Crippen LogP contribution in [-0.4, -0.2) is 45.8 Å². The summed E-state index contributed by atoms with van der Waals surface area (Å²) in [6.07, 6.45) is 8.42. The van der Waals surface area contributed by atoms with Crippen molar-refractivity contribution in [1.29, 1.82) is 0 Å². The molecule has 0 aliphatic rings. The lowest BCUT2D eigenvalue weighted by atomic mass is 9.82. The van der Waals surface area contributed by atoms with Gasteiger partial charge in [0.05, 0.1) is 23.4 Å². The Balaban J connectivity index is 1.71. The van der Waals surface area contributed by atoms with Crippen molar-refractivity contribution in [3.05, 3.63) is 27.6 Å². The molecular weight excluding hydrogens is 520 g/mol. The number of rotatable bonds is 17. The van der Waals surface area contributed by atoms with Crippen LogP contribution in [0.15, 0.2) is 22.2 Å². The zero-order valence-electron chi connectivity index (χ0n) is 24.2. The second-order valence-corrected chi connectivity index (χ2v) is 13.0. The number of hydrogen-bond acceptors (Lipinski definition) is 6. The molecule has 0 aromatic carbocycles. The van der Waals surface area contributed by atoms with Crippen LogP contribution >= 0.6 is 24.8 Å². The third kappa shape index (κ3) is 9.61. The molecule has 0 saturated carbocycles. The molecule has 2 heterocycles.